The Hall–Kier alpha value is -4.64. The standard InChI is InChI=1S/C26H25ClN8O3/c1-15(2)30-23(36)14-38-21-7-4-16(12-22(21)37-3)25-32-26(35(34-25)17-8-10-28-11-9-17)31-20-6-5-19-18(24(20)27)13-29-33-19/h4-13,15H,14H2,1-3H3,(H,29,33)(H,30,36)(H,31,32,34). The first-order valence-corrected chi connectivity index (χ1v) is 12.2. The molecule has 0 atom stereocenters. The number of halogens is 1. The molecule has 11 nitrogen and oxygen atoms in total. The summed E-state index contributed by atoms with van der Waals surface area (Å²) < 4.78 is 12.9. The second kappa shape index (κ2) is 10.8. The first-order chi connectivity index (χ1) is 18.4. The molecule has 0 aliphatic heterocycles. The molecule has 12 heteroatoms. The molecule has 0 aliphatic carbocycles. The second-order valence-electron chi connectivity index (χ2n) is 8.64. The van der Waals surface area contributed by atoms with Gasteiger partial charge in [0.2, 0.25) is 5.95 Å². The molecule has 0 radical (unpaired) electrons. The van der Waals surface area contributed by atoms with Crippen molar-refractivity contribution in [1.29, 1.82) is 0 Å². The monoisotopic (exact) mass is 532 g/mol. The number of ether oxygens (including phenoxy) is 2. The predicted octanol–water partition coefficient (Wildman–Crippen LogP) is 4.51. The van der Waals surface area contributed by atoms with Gasteiger partial charge in [0, 0.05) is 29.4 Å². The lowest BCUT2D eigenvalue weighted by Gasteiger charge is -2.12. The number of H-pyrrole nitrogens is 1. The van der Waals surface area contributed by atoms with Gasteiger partial charge in [0.25, 0.3) is 5.91 Å². The molecule has 38 heavy (non-hydrogen) atoms. The van der Waals surface area contributed by atoms with Crippen molar-refractivity contribution in [2.45, 2.75) is 19.9 Å². The molecule has 0 aliphatic rings. The molecule has 0 saturated carbocycles. The van der Waals surface area contributed by atoms with Crippen molar-refractivity contribution < 1.29 is 14.3 Å². The topological polar surface area (TPSA) is 132 Å². The SMILES string of the molecule is COc1cc(-c2nc(Nc3ccc4[nH]ncc4c3Cl)n(-c3ccncc3)n2)ccc1OCC(=O)NC(C)C. The van der Waals surface area contributed by atoms with Crippen LogP contribution in [0.2, 0.25) is 5.02 Å². The van der Waals surface area contributed by atoms with Crippen LogP contribution in [-0.2, 0) is 4.79 Å². The van der Waals surface area contributed by atoms with E-state index < -0.39 is 0 Å². The minimum atomic E-state index is -0.216. The zero-order valence-corrected chi connectivity index (χ0v) is 21.7. The Labute approximate surface area is 223 Å². The summed E-state index contributed by atoms with van der Waals surface area (Å²) in [5.74, 6) is 1.55. The van der Waals surface area contributed by atoms with Crippen molar-refractivity contribution in [2.24, 2.45) is 0 Å². The Bertz CT molecular complexity index is 1580. The minimum Gasteiger partial charge on any atom is -0.493 e. The number of pyridine rings is 1. The summed E-state index contributed by atoms with van der Waals surface area (Å²) in [4.78, 5) is 20.8. The number of aromatic amines is 1. The highest BCUT2D eigenvalue weighted by Gasteiger charge is 2.18. The van der Waals surface area contributed by atoms with Crippen LogP contribution in [0.15, 0.2) is 61.1 Å². The number of carbonyl (C=O) groups excluding carboxylic acids is 1. The smallest absolute Gasteiger partial charge is 0.258 e. The summed E-state index contributed by atoms with van der Waals surface area (Å²) in [6.45, 7) is 3.65. The van der Waals surface area contributed by atoms with E-state index in [9.17, 15) is 4.79 Å². The zero-order valence-electron chi connectivity index (χ0n) is 20.9. The molecule has 1 amide bonds. The van der Waals surface area contributed by atoms with Gasteiger partial charge in [0.05, 0.1) is 35.2 Å². The van der Waals surface area contributed by atoms with Crippen LogP contribution in [0, 0.1) is 0 Å². The van der Waals surface area contributed by atoms with Crippen molar-refractivity contribution in [3.8, 4) is 28.6 Å². The maximum absolute atomic E-state index is 12.0. The van der Waals surface area contributed by atoms with Gasteiger partial charge in [0.1, 0.15) is 0 Å². The van der Waals surface area contributed by atoms with Gasteiger partial charge in [-0.05, 0) is 56.3 Å². The fourth-order valence-corrected chi connectivity index (χ4v) is 4.07. The number of hydrogen-bond acceptors (Lipinski definition) is 8. The Balaban J connectivity index is 1.48. The van der Waals surface area contributed by atoms with Crippen molar-refractivity contribution in [1.82, 2.24) is 35.3 Å². The van der Waals surface area contributed by atoms with E-state index in [0.29, 0.717) is 39.5 Å². The number of anilines is 2. The Morgan fingerprint density at radius 2 is 1.95 bits per heavy atom. The fourth-order valence-electron chi connectivity index (χ4n) is 3.81. The molecule has 0 unspecified atom stereocenters. The molecule has 0 bridgehead atoms. The first-order valence-electron chi connectivity index (χ1n) is 11.8. The number of rotatable bonds is 9. The highest BCUT2D eigenvalue weighted by atomic mass is 35.5. The average Bonchev–Trinajstić information content (AvgIpc) is 3.57. The number of aromatic nitrogens is 6. The summed E-state index contributed by atoms with van der Waals surface area (Å²) in [5, 5.41) is 19.1. The molecule has 3 N–H and O–H groups in total. The van der Waals surface area contributed by atoms with Gasteiger partial charge >= 0.3 is 0 Å². The van der Waals surface area contributed by atoms with E-state index in [4.69, 9.17) is 31.2 Å². The molecular formula is C26H25ClN8O3. The van der Waals surface area contributed by atoms with Gasteiger partial charge in [0.15, 0.2) is 23.9 Å². The van der Waals surface area contributed by atoms with E-state index in [1.165, 1.54) is 7.11 Å². The van der Waals surface area contributed by atoms with Crippen LogP contribution in [0.25, 0.3) is 28.0 Å². The molecule has 0 saturated heterocycles. The molecule has 3 aromatic heterocycles. The number of methoxy groups -OCH3 is 1. The lowest BCUT2D eigenvalue weighted by atomic mass is 10.2. The predicted molar refractivity (Wildman–Crippen MR) is 144 cm³/mol. The Morgan fingerprint density at radius 3 is 2.71 bits per heavy atom. The van der Waals surface area contributed by atoms with Gasteiger partial charge < -0.3 is 20.1 Å². The second-order valence-corrected chi connectivity index (χ2v) is 9.01. The van der Waals surface area contributed by atoms with Gasteiger partial charge in [-0.3, -0.25) is 14.9 Å². The van der Waals surface area contributed by atoms with Gasteiger partial charge in [-0.25, -0.2) is 0 Å². The van der Waals surface area contributed by atoms with Crippen molar-refractivity contribution in [2.75, 3.05) is 19.0 Å². The van der Waals surface area contributed by atoms with Crippen LogP contribution >= 0.6 is 11.6 Å². The number of amides is 1. The van der Waals surface area contributed by atoms with Crippen LogP contribution in [0.3, 0.4) is 0 Å². The van der Waals surface area contributed by atoms with Crippen molar-refractivity contribution in [3.63, 3.8) is 0 Å². The third-order valence-corrected chi connectivity index (χ3v) is 5.96. The number of nitrogens with one attached hydrogen (secondary N) is 3. The highest BCUT2D eigenvalue weighted by Crippen LogP contribution is 2.35. The average molecular weight is 533 g/mol. The number of hydrogen-bond donors (Lipinski definition) is 3. The number of nitrogens with zero attached hydrogens (tertiary/aromatic N) is 5. The number of benzene rings is 2. The van der Waals surface area contributed by atoms with E-state index in [1.54, 1.807) is 41.5 Å². The quantitative estimate of drug-likeness (QED) is 0.252. The Morgan fingerprint density at radius 1 is 1.13 bits per heavy atom. The van der Waals surface area contributed by atoms with Crippen molar-refractivity contribution >= 4 is 40.0 Å². The number of carbonyl (C=O) groups is 1. The Kier molecular flexibility index (Phi) is 7.09. The third-order valence-electron chi connectivity index (χ3n) is 5.55. The molecule has 5 rings (SSSR count). The van der Waals surface area contributed by atoms with Crippen LogP contribution in [0.1, 0.15) is 13.8 Å². The summed E-state index contributed by atoms with van der Waals surface area (Å²) in [5.41, 5.74) is 2.92. The minimum absolute atomic E-state index is 0.0243. The maximum atomic E-state index is 12.0. The third kappa shape index (κ3) is 5.23. The molecular weight excluding hydrogens is 508 g/mol. The molecule has 2 aromatic carbocycles. The molecule has 3 heterocycles. The van der Waals surface area contributed by atoms with Crippen LogP contribution in [-0.4, -0.2) is 55.6 Å². The summed E-state index contributed by atoms with van der Waals surface area (Å²) in [6, 6.07) is 12.7. The van der Waals surface area contributed by atoms with Crippen LogP contribution < -0.4 is 20.1 Å². The maximum Gasteiger partial charge on any atom is 0.258 e. The van der Waals surface area contributed by atoms with E-state index in [0.717, 1.165) is 16.6 Å². The van der Waals surface area contributed by atoms with Crippen LogP contribution in [0.5, 0.6) is 11.5 Å². The summed E-state index contributed by atoms with van der Waals surface area (Å²) in [7, 11) is 1.53. The van der Waals surface area contributed by atoms with E-state index in [2.05, 4.69) is 25.8 Å². The van der Waals surface area contributed by atoms with Crippen LogP contribution in [0.4, 0.5) is 11.6 Å². The first kappa shape index (κ1) is 25.0. The van der Waals surface area contributed by atoms with Gasteiger partial charge in [-0.15, -0.1) is 5.10 Å². The van der Waals surface area contributed by atoms with E-state index in [-0.39, 0.29) is 18.6 Å². The number of fused-ring (bicyclic) bond motifs is 1. The zero-order chi connectivity index (χ0) is 26.6. The molecule has 0 fully saturated rings. The fraction of sp³-hybridized carbons (Fsp3) is 0.192. The molecule has 0 spiro atoms. The van der Waals surface area contributed by atoms with Gasteiger partial charge in [-0.1, -0.05) is 11.6 Å². The molecule has 5 aromatic rings. The lowest BCUT2D eigenvalue weighted by molar-refractivity contribution is -0.123. The van der Waals surface area contributed by atoms with E-state index >= 15 is 0 Å². The lowest BCUT2D eigenvalue weighted by Crippen LogP contribution is -2.34. The molecule has 194 valence electrons. The largest absolute Gasteiger partial charge is 0.493 e. The summed E-state index contributed by atoms with van der Waals surface area (Å²) >= 11 is 6.64. The van der Waals surface area contributed by atoms with E-state index in [1.807, 2.05) is 38.1 Å². The normalized spacial score (nSPS) is 11.1. The highest BCUT2D eigenvalue weighted by molar-refractivity contribution is 6.38. The van der Waals surface area contributed by atoms with Crippen molar-refractivity contribution in [3.05, 3.63) is 66.1 Å². The summed E-state index contributed by atoms with van der Waals surface area (Å²) in [6.07, 6.45) is 5.02. The van der Waals surface area contributed by atoms with Gasteiger partial charge in [-0.2, -0.15) is 14.8 Å².